The minimum atomic E-state index is 0.588. The molecular formula is C15H29N3OS. The Labute approximate surface area is 127 Å². The first-order valence-electron chi connectivity index (χ1n) is 7.35. The van der Waals surface area contributed by atoms with Gasteiger partial charge in [-0.05, 0) is 18.9 Å². The molecule has 0 bridgehead atoms. The zero-order valence-corrected chi connectivity index (χ0v) is 14.5. The normalized spacial score (nSPS) is 11.6. The summed E-state index contributed by atoms with van der Waals surface area (Å²) in [6, 6.07) is 0. The number of hydrogen-bond acceptors (Lipinski definition) is 5. The summed E-state index contributed by atoms with van der Waals surface area (Å²) < 4.78 is 5.27. The van der Waals surface area contributed by atoms with Crippen LogP contribution in [0.4, 0.5) is 5.13 Å². The minimum Gasteiger partial charge on any atom is -0.378 e. The van der Waals surface area contributed by atoms with Crippen LogP contribution in [-0.4, -0.2) is 32.2 Å². The molecular weight excluding hydrogens is 270 g/mol. The molecule has 0 fully saturated rings. The van der Waals surface area contributed by atoms with Crippen LogP contribution in [0.15, 0.2) is 0 Å². The SMILES string of the molecule is CNCc1sc(N(CC(C)C)CC(C)C)nc1COC. The Balaban J connectivity index is 2.96. The highest BCUT2D eigenvalue weighted by Gasteiger charge is 2.17. The van der Waals surface area contributed by atoms with Gasteiger partial charge in [0.05, 0.1) is 12.3 Å². The molecule has 0 radical (unpaired) electrons. The van der Waals surface area contributed by atoms with E-state index in [-0.39, 0.29) is 0 Å². The lowest BCUT2D eigenvalue weighted by Gasteiger charge is -2.25. The molecule has 1 aromatic rings. The third-order valence-corrected chi connectivity index (χ3v) is 3.99. The molecule has 0 unspecified atom stereocenters. The summed E-state index contributed by atoms with van der Waals surface area (Å²) in [5, 5.41) is 4.34. The summed E-state index contributed by atoms with van der Waals surface area (Å²) in [5.74, 6) is 1.27. The molecule has 0 aliphatic rings. The van der Waals surface area contributed by atoms with E-state index < -0.39 is 0 Å². The van der Waals surface area contributed by atoms with Crippen LogP contribution in [0.25, 0.3) is 0 Å². The molecule has 5 heteroatoms. The van der Waals surface area contributed by atoms with Crippen molar-refractivity contribution in [1.82, 2.24) is 10.3 Å². The molecule has 1 rings (SSSR count). The van der Waals surface area contributed by atoms with Gasteiger partial charge in [-0.2, -0.15) is 0 Å². The van der Waals surface area contributed by atoms with Crippen LogP contribution in [-0.2, 0) is 17.9 Å². The van der Waals surface area contributed by atoms with E-state index >= 15 is 0 Å². The molecule has 1 heterocycles. The van der Waals surface area contributed by atoms with Gasteiger partial charge in [0.15, 0.2) is 5.13 Å². The second-order valence-electron chi connectivity index (χ2n) is 6.02. The average Bonchev–Trinajstić information content (AvgIpc) is 2.72. The fourth-order valence-electron chi connectivity index (χ4n) is 2.17. The van der Waals surface area contributed by atoms with Crippen molar-refractivity contribution in [3.8, 4) is 0 Å². The molecule has 0 saturated heterocycles. The molecule has 1 N–H and O–H groups in total. The van der Waals surface area contributed by atoms with Crippen molar-refractivity contribution in [3.63, 3.8) is 0 Å². The van der Waals surface area contributed by atoms with Crippen molar-refractivity contribution in [2.75, 3.05) is 32.1 Å². The largest absolute Gasteiger partial charge is 0.378 e. The van der Waals surface area contributed by atoms with Crippen molar-refractivity contribution in [2.24, 2.45) is 11.8 Å². The van der Waals surface area contributed by atoms with Gasteiger partial charge in [-0.3, -0.25) is 0 Å². The van der Waals surface area contributed by atoms with Crippen LogP contribution >= 0.6 is 11.3 Å². The van der Waals surface area contributed by atoms with Gasteiger partial charge >= 0.3 is 0 Å². The predicted octanol–water partition coefficient (Wildman–Crippen LogP) is 3.13. The Hall–Kier alpha value is -0.650. The van der Waals surface area contributed by atoms with E-state index in [9.17, 15) is 0 Å². The van der Waals surface area contributed by atoms with Crippen molar-refractivity contribution >= 4 is 16.5 Å². The van der Waals surface area contributed by atoms with Gasteiger partial charge in [0.1, 0.15) is 0 Å². The average molecular weight is 299 g/mol. The van der Waals surface area contributed by atoms with Crippen molar-refractivity contribution in [1.29, 1.82) is 0 Å². The number of hydrogen-bond donors (Lipinski definition) is 1. The summed E-state index contributed by atoms with van der Waals surface area (Å²) >= 11 is 1.79. The van der Waals surface area contributed by atoms with E-state index in [0.29, 0.717) is 18.4 Å². The molecule has 0 spiro atoms. The maximum Gasteiger partial charge on any atom is 0.185 e. The summed E-state index contributed by atoms with van der Waals surface area (Å²) in [4.78, 5) is 8.50. The summed E-state index contributed by atoms with van der Waals surface area (Å²) in [7, 11) is 3.69. The van der Waals surface area contributed by atoms with Crippen molar-refractivity contribution in [2.45, 2.75) is 40.8 Å². The number of anilines is 1. The van der Waals surface area contributed by atoms with Gasteiger partial charge in [0, 0.05) is 31.6 Å². The highest BCUT2D eigenvalue weighted by molar-refractivity contribution is 7.15. The van der Waals surface area contributed by atoms with Gasteiger partial charge in [-0.15, -0.1) is 11.3 Å². The highest BCUT2D eigenvalue weighted by atomic mass is 32.1. The number of nitrogens with zero attached hydrogens (tertiary/aromatic N) is 2. The first-order valence-corrected chi connectivity index (χ1v) is 8.16. The van der Waals surface area contributed by atoms with Crippen LogP contribution < -0.4 is 10.2 Å². The maximum atomic E-state index is 5.27. The Morgan fingerprint density at radius 3 is 2.25 bits per heavy atom. The van der Waals surface area contributed by atoms with E-state index in [0.717, 1.165) is 30.5 Å². The Bertz CT molecular complexity index is 357. The number of nitrogens with one attached hydrogen (secondary N) is 1. The number of aromatic nitrogens is 1. The van der Waals surface area contributed by atoms with Gasteiger partial charge < -0.3 is 15.0 Å². The predicted molar refractivity (Wildman–Crippen MR) is 87.5 cm³/mol. The topological polar surface area (TPSA) is 37.4 Å². The van der Waals surface area contributed by atoms with Crippen molar-refractivity contribution in [3.05, 3.63) is 10.6 Å². The second-order valence-corrected chi connectivity index (χ2v) is 7.08. The van der Waals surface area contributed by atoms with Crippen LogP contribution in [0, 0.1) is 11.8 Å². The lowest BCUT2D eigenvalue weighted by atomic mass is 10.1. The molecule has 0 aliphatic carbocycles. The zero-order valence-electron chi connectivity index (χ0n) is 13.7. The first-order chi connectivity index (χ1) is 9.47. The van der Waals surface area contributed by atoms with Crippen molar-refractivity contribution < 1.29 is 4.74 Å². The Morgan fingerprint density at radius 1 is 1.20 bits per heavy atom. The van der Waals surface area contributed by atoms with Crippen LogP contribution in [0.2, 0.25) is 0 Å². The Kier molecular flexibility index (Phi) is 7.48. The van der Waals surface area contributed by atoms with Gasteiger partial charge in [0.25, 0.3) is 0 Å². The summed E-state index contributed by atoms with van der Waals surface area (Å²) in [6.07, 6.45) is 0. The highest BCUT2D eigenvalue weighted by Crippen LogP contribution is 2.28. The second kappa shape index (κ2) is 8.60. The number of thiazole rings is 1. The molecule has 0 aliphatic heterocycles. The van der Waals surface area contributed by atoms with Crippen LogP contribution in [0.5, 0.6) is 0 Å². The maximum absolute atomic E-state index is 5.27. The van der Waals surface area contributed by atoms with Gasteiger partial charge in [-0.25, -0.2) is 4.98 Å². The summed E-state index contributed by atoms with van der Waals surface area (Å²) in [5.41, 5.74) is 1.07. The first kappa shape index (κ1) is 17.4. The van der Waals surface area contributed by atoms with E-state index in [1.807, 2.05) is 7.05 Å². The fourth-order valence-corrected chi connectivity index (χ4v) is 3.26. The van der Waals surface area contributed by atoms with Gasteiger partial charge in [0.2, 0.25) is 0 Å². The van der Waals surface area contributed by atoms with E-state index in [1.165, 1.54) is 4.88 Å². The molecule has 20 heavy (non-hydrogen) atoms. The lowest BCUT2D eigenvalue weighted by molar-refractivity contribution is 0.181. The van der Waals surface area contributed by atoms with Crippen LogP contribution in [0.1, 0.15) is 38.3 Å². The smallest absolute Gasteiger partial charge is 0.185 e. The number of rotatable bonds is 9. The molecule has 1 aromatic heterocycles. The van der Waals surface area contributed by atoms with Crippen LogP contribution in [0.3, 0.4) is 0 Å². The summed E-state index contributed by atoms with van der Waals surface area (Å²) in [6.45, 7) is 12.6. The quantitative estimate of drug-likeness (QED) is 0.760. The molecule has 0 aromatic carbocycles. The lowest BCUT2D eigenvalue weighted by Crippen LogP contribution is -2.31. The van der Waals surface area contributed by atoms with Gasteiger partial charge in [-0.1, -0.05) is 27.7 Å². The number of ether oxygens (including phenoxy) is 1. The third-order valence-electron chi connectivity index (χ3n) is 2.83. The fraction of sp³-hybridized carbons (Fsp3) is 0.800. The molecule has 0 amide bonds. The van der Waals surface area contributed by atoms with E-state index in [2.05, 4.69) is 37.9 Å². The number of methoxy groups -OCH3 is 1. The molecule has 0 saturated carbocycles. The third kappa shape index (κ3) is 5.38. The Morgan fingerprint density at radius 2 is 1.80 bits per heavy atom. The monoisotopic (exact) mass is 299 g/mol. The minimum absolute atomic E-state index is 0.588. The molecule has 4 nitrogen and oxygen atoms in total. The van der Waals surface area contributed by atoms with E-state index in [1.54, 1.807) is 18.4 Å². The zero-order chi connectivity index (χ0) is 15.1. The standard InChI is InChI=1S/C15H29N3OS/c1-11(2)8-18(9-12(3)4)15-17-13(10-19-6)14(20-15)7-16-5/h11-12,16H,7-10H2,1-6H3. The molecule has 116 valence electrons. The molecule has 0 atom stereocenters. The van der Waals surface area contributed by atoms with E-state index in [4.69, 9.17) is 9.72 Å².